The van der Waals surface area contributed by atoms with Crippen molar-refractivity contribution in [2.75, 3.05) is 20.6 Å². The topological polar surface area (TPSA) is 73.9 Å². The molecule has 1 aromatic heterocycles. The van der Waals surface area contributed by atoms with Crippen LogP contribution in [0.4, 0.5) is 0 Å². The number of halogens is 1. The molecule has 0 spiro atoms. The molecule has 0 saturated carbocycles. The summed E-state index contributed by atoms with van der Waals surface area (Å²) in [4.78, 5) is 17.8. The van der Waals surface area contributed by atoms with Gasteiger partial charge in [0.05, 0.1) is 0 Å². The number of hydrogen-bond donors (Lipinski definition) is 2. The number of amides is 1. The first-order valence-corrected chi connectivity index (χ1v) is 6.78. The van der Waals surface area contributed by atoms with Gasteiger partial charge in [-0.2, -0.15) is 0 Å². The minimum absolute atomic E-state index is 0.0139. The van der Waals surface area contributed by atoms with Crippen molar-refractivity contribution in [2.24, 2.45) is 5.92 Å². The molecule has 1 amide bonds. The summed E-state index contributed by atoms with van der Waals surface area (Å²) in [7, 11) is 4.04. The molecule has 0 aromatic carbocycles. The zero-order valence-corrected chi connectivity index (χ0v) is 12.7. The standard InChI is InChI=1S/C12H22ClN5O/c1-8(2)9(18(3)4)7-14-11(19)6-5-10-15-12(13)17-16-10/h8-9H,5-7H2,1-4H3,(H,14,19)(H,15,16,17)/t9-/m0/s1. The number of H-pyrrole nitrogens is 1. The van der Waals surface area contributed by atoms with Crippen LogP contribution in [0.25, 0.3) is 0 Å². The van der Waals surface area contributed by atoms with Crippen LogP contribution in [-0.2, 0) is 11.2 Å². The van der Waals surface area contributed by atoms with E-state index in [0.29, 0.717) is 37.2 Å². The molecular formula is C12H22ClN5O. The molecule has 19 heavy (non-hydrogen) atoms. The van der Waals surface area contributed by atoms with Crippen LogP contribution in [0, 0.1) is 5.92 Å². The molecule has 7 heteroatoms. The number of carbonyl (C=O) groups is 1. The lowest BCUT2D eigenvalue weighted by atomic mass is 10.0. The monoisotopic (exact) mass is 287 g/mol. The molecule has 0 aliphatic heterocycles. The lowest BCUT2D eigenvalue weighted by molar-refractivity contribution is -0.121. The van der Waals surface area contributed by atoms with Gasteiger partial charge < -0.3 is 10.2 Å². The molecule has 0 radical (unpaired) electrons. The van der Waals surface area contributed by atoms with Crippen LogP contribution in [0.3, 0.4) is 0 Å². The van der Waals surface area contributed by atoms with Crippen LogP contribution in [0.5, 0.6) is 0 Å². The number of likely N-dealkylation sites (N-methyl/N-ethyl adjacent to an activating group) is 1. The fourth-order valence-corrected chi connectivity index (χ4v) is 2.08. The Bertz CT molecular complexity index is 397. The average molecular weight is 288 g/mol. The smallest absolute Gasteiger partial charge is 0.242 e. The number of rotatable bonds is 7. The summed E-state index contributed by atoms with van der Waals surface area (Å²) in [5, 5.41) is 9.52. The van der Waals surface area contributed by atoms with Crippen molar-refractivity contribution in [3.8, 4) is 0 Å². The SMILES string of the molecule is CC(C)[C@H](CNC(=O)CCc1nc(Cl)n[nH]1)N(C)C. The van der Waals surface area contributed by atoms with Gasteiger partial charge in [-0.3, -0.25) is 9.89 Å². The van der Waals surface area contributed by atoms with E-state index in [4.69, 9.17) is 11.6 Å². The summed E-state index contributed by atoms with van der Waals surface area (Å²) in [5.41, 5.74) is 0. The summed E-state index contributed by atoms with van der Waals surface area (Å²) >= 11 is 5.59. The molecule has 0 bridgehead atoms. The molecule has 0 saturated heterocycles. The molecule has 0 fully saturated rings. The summed E-state index contributed by atoms with van der Waals surface area (Å²) in [6, 6.07) is 0.337. The normalized spacial score (nSPS) is 13.0. The molecule has 1 heterocycles. The summed E-state index contributed by atoms with van der Waals surface area (Å²) in [5.74, 6) is 1.14. The number of nitrogens with zero attached hydrogens (tertiary/aromatic N) is 3. The van der Waals surface area contributed by atoms with E-state index in [1.807, 2.05) is 14.1 Å². The Kier molecular flexibility index (Phi) is 6.24. The van der Waals surface area contributed by atoms with E-state index >= 15 is 0 Å². The van der Waals surface area contributed by atoms with Crippen molar-refractivity contribution in [2.45, 2.75) is 32.7 Å². The number of nitrogens with one attached hydrogen (secondary N) is 2. The Balaban J connectivity index is 2.31. The minimum Gasteiger partial charge on any atom is -0.355 e. The van der Waals surface area contributed by atoms with Crippen molar-refractivity contribution in [1.82, 2.24) is 25.4 Å². The highest BCUT2D eigenvalue weighted by Gasteiger charge is 2.16. The second kappa shape index (κ2) is 7.45. The van der Waals surface area contributed by atoms with Crippen LogP contribution in [0.2, 0.25) is 5.28 Å². The van der Waals surface area contributed by atoms with Gasteiger partial charge in [0, 0.05) is 25.4 Å². The Morgan fingerprint density at radius 1 is 1.47 bits per heavy atom. The predicted octanol–water partition coefficient (Wildman–Crippen LogP) is 1.09. The van der Waals surface area contributed by atoms with Crippen LogP contribution in [-0.4, -0.2) is 52.7 Å². The maximum absolute atomic E-state index is 11.7. The van der Waals surface area contributed by atoms with E-state index in [2.05, 4.69) is 39.2 Å². The zero-order chi connectivity index (χ0) is 14.4. The molecule has 0 aliphatic carbocycles. The molecule has 1 atom stereocenters. The highest BCUT2D eigenvalue weighted by Crippen LogP contribution is 2.06. The molecule has 2 N–H and O–H groups in total. The third-order valence-electron chi connectivity index (χ3n) is 3.03. The molecule has 1 rings (SSSR count). The van der Waals surface area contributed by atoms with Gasteiger partial charge in [0.25, 0.3) is 0 Å². The second-order valence-corrected chi connectivity index (χ2v) is 5.47. The Morgan fingerprint density at radius 2 is 2.16 bits per heavy atom. The van der Waals surface area contributed by atoms with E-state index in [1.165, 1.54) is 0 Å². The van der Waals surface area contributed by atoms with Crippen molar-refractivity contribution in [3.05, 3.63) is 11.1 Å². The Morgan fingerprint density at radius 3 is 2.63 bits per heavy atom. The van der Waals surface area contributed by atoms with Crippen LogP contribution >= 0.6 is 11.6 Å². The van der Waals surface area contributed by atoms with Gasteiger partial charge in [0.2, 0.25) is 11.2 Å². The van der Waals surface area contributed by atoms with Gasteiger partial charge in [-0.1, -0.05) is 13.8 Å². The second-order valence-electron chi connectivity index (χ2n) is 5.13. The molecule has 0 aliphatic rings. The maximum atomic E-state index is 11.7. The lowest BCUT2D eigenvalue weighted by Gasteiger charge is -2.28. The van der Waals surface area contributed by atoms with E-state index in [-0.39, 0.29) is 11.2 Å². The van der Waals surface area contributed by atoms with E-state index in [9.17, 15) is 4.79 Å². The summed E-state index contributed by atoms with van der Waals surface area (Å²) in [6.07, 6.45) is 0.892. The number of carbonyl (C=O) groups excluding carboxylic acids is 1. The van der Waals surface area contributed by atoms with Crippen molar-refractivity contribution >= 4 is 17.5 Å². The predicted molar refractivity (Wildman–Crippen MR) is 75.0 cm³/mol. The number of aromatic nitrogens is 3. The fourth-order valence-electron chi connectivity index (χ4n) is 1.94. The molecule has 0 unspecified atom stereocenters. The minimum atomic E-state index is 0.0139. The fraction of sp³-hybridized carbons (Fsp3) is 0.750. The van der Waals surface area contributed by atoms with Gasteiger partial charge in [-0.25, -0.2) is 4.98 Å². The van der Waals surface area contributed by atoms with Crippen molar-refractivity contribution < 1.29 is 4.79 Å². The molecule has 1 aromatic rings. The summed E-state index contributed by atoms with van der Waals surface area (Å²) in [6.45, 7) is 4.95. The quantitative estimate of drug-likeness (QED) is 0.787. The van der Waals surface area contributed by atoms with Gasteiger partial charge in [0.15, 0.2) is 0 Å². The number of aryl methyl sites for hydroxylation is 1. The summed E-state index contributed by atoms with van der Waals surface area (Å²) < 4.78 is 0. The maximum Gasteiger partial charge on any atom is 0.242 e. The third kappa shape index (κ3) is 5.57. The van der Waals surface area contributed by atoms with Gasteiger partial charge >= 0.3 is 0 Å². The van der Waals surface area contributed by atoms with E-state index in [1.54, 1.807) is 0 Å². The van der Waals surface area contributed by atoms with E-state index in [0.717, 1.165) is 0 Å². The molecular weight excluding hydrogens is 266 g/mol. The number of aromatic amines is 1. The van der Waals surface area contributed by atoms with Gasteiger partial charge in [0.1, 0.15) is 5.82 Å². The van der Waals surface area contributed by atoms with Crippen LogP contribution in [0.15, 0.2) is 0 Å². The zero-order valence-electron chi connectivity index (χ0n) is 11.9. The first kappa shape index (κ1) is 15.9. The number of hydrogen-bond acceptors (Lipinski definition) is 4. The third-order valence-corrected chi connectivity index (χ3v) is 3.20. The Labute approximate surface area is 118 Å². The van der Waals surface area contributed by atoms with Crippen LogP contribution < -0.4 is 5.32 Å². The highest BCUT2D eigenvalue weighted by molar-refractivity contribution is 6.28. The van der Waals surface area contributed by atoms with E-state index < -0.39 is 0 Å². The van der Waals surface area contributed by atoms with Crippen LogP contribution in [0.1, 0.15) is 26.1 Å². The molecule has 108 valence electrons. The Hall–Kier alpha value is -1.14. The first-order chi connectivity index (χ1) is 8.90. The molecule has 6 nitrogen and oxygen atoms in total. The van der Waals surface area contributed by atoms with Gasteiger partial charge in [-0.15, -0.1) is 5.10 Å². The van der Waals surface area contributed by atoms with Crippen molar-refractivity contribution in [1.29, 1.82) is 0 Å². The first-order valence-electron chi connectivity index (χ1n) is 6.40. The van der Waals surface area contributed by atoms with Gasteiger partial charge in [-0.05, 0) is 31.6 Å². The average Bonchev–Trinajstić information content (AvgIpc) is 2.71. The van der Waals surface area contributed by atoms with Crippen molar-refractivity contribution in [3.63, 3.8) is 0 Å². The largest absolute Gasteiger partial charge is 0.355 e. The lowest BCUT2D eigenvalue weighted by Crippen LogP contribution is -2.43. The highest BCUT2D eigenvalue weighted by atomic mass is 35.5.